The molecule has 4 nitrogen and oxygen atoms in total. The molecule has 2 unspecified atom stereocenters. The van der Waals surface area contributed by atoms with Gasteiger partial charge in [-0.15, -0.1) is 0 Å². The third kappa shape index (κ3) is 8.87. The summed E-state index contributed by atoms with van der Waals surface area (Å²) in [6, 6.07) is 85.2. The lowest BCUT2D eigenvalue weighted by atomic mass is 9.82. The van der Waals surface area contributed by atoms with Crippen LogP contribution in [0, 0.1) is 5.92 Å². The number of hydrogen-bond acceptors (Lipinski definition) is 4. The van der Waals surface area contributed by atoms with E-state index in [1.54, 1.807) is 0 Å². The first-order valence-corrected chi connectivity index (χ1v) is 25.0. The van der Waals surface area contributed by atoms with Gasteiger partial charge in [0.2, 0.25) is 0 Å². The number of anilines is 9. The van der Waals surface area contributed by atoms with E-state index in [4.69, 9.17) is 0 Å². The van der Waals surface area contributed by atoms with E-state index in [0.717, 1.165) is 47.0 Å². The quantitative estimate of drug-likeness (QED) is 0.114. The Morgan fingerprint density at radius 2 is 0.778 bits per heavy atom. The van der Waals surface area contributed by atoms with E-state index in [2.05, 4.69) is 311 Å². The predicted octanol–water partition coefficient (Wildman–Crippen LogP) is 18.3. The molecule has 0 aliphatic heterocycles. The van der Waals surface area contributed by atoms with Crippen molar-refractivity contribution < 1.29 is 0 Å². The topological polar surface area (TPSA) is 13.0 Å². The minimum atomic E-state index is 0.130. The van der Waals surface area contributed by atoms with Crippen molar-refractivity contribution >= 4 is 62.0 Å². The van der Waals surface area contributed by atoms with E-state index in [1.165, 1.54) is 55.9 Å². The highest BCUT2D eigenvalue weighted by Crippen LogP contribution is 2.44. The third-order valence-corrected chi connectivity index (χ3v) is 14.1. The van der Waals surface area contributed by atoms with Gasteiger partial charge >= 0.3 is 0 Å². The van der Waals surface area contributed by atoms with Crippen molar-refractivity contribution in [2.75, 3.05) is 19.6 Å². The summed E-state index contributed by atoms with van der Waals surface area (Å²) in [6.07, 6.45) is 22.4. The SMILES string of the molecule is C1=CC2=CC=CC(N(C3=CC=C(N(c4ccccc4)c4ccccc4)CC3)c3ccc(-c4ccc(N(c5ccc(N(c6ccccc6)c6ccccc6)cc5)c5cccc6ccccc56)cc4)cc3)C2C=C1. The second-order valence-corrected chi connectivity index (χ2v) is 18.5. The fourth-order valence-corrected chi connectivity index (χ4v) is 10.7. The van der Waals surface area contributed by atoms with Crippen LogP contribution in [0.2, 0.25) is 0 Å². The van der Waals surface area contributed by atoms with Crippen LogP contribution in [0.4, 0.5) is 51.2 Å². The van der Waals surface area contributed by atoms with Gasteiger partial charge in [0.25, 0.3) is 0 Å². The van der Waals surface area contributed by atoms with E-state index in [9.17, 15) is 0 Å². The van der Waals surface area contributed by atoms with Crippen molar-refractivity contribution in [2.24, 2.45) is 5.92 Å². The van der Waals surface area contributed by atoms with Gasteiger partial charge in [0.15, 0.2) is 0 Å². The third-order valence-electron chi connectivity index (χ3n) is 14.1. The monoisotopic (exact) mass is 926 g/mol. The highest BCUT2D eigenvalue weighted by molar-refractivity contribution is 5.99. The molecule has 0 heterocycles. The van der Waals surface area contributed by atoms with Crippen LogP contribution in [0.5, 0.6) is 0 Å². The highest BCUT2D eigenvalue weighted by Gasteiger charge is 2.32. The van der Waals surface area contributed by atoms with Crippen LogP contribution in [0.25, 0.3) is 21.9 Å². The number of para-hydroxylation sites is 4. The summed E-state index contributed by atoms with van der Waals surface area (Å²) in [4.78, 5) is 9.68. The largest absolute Gasteiger partial charge is 0.337 e. The maximum atomic E-state index is 2.58. The van der Waals surface area contributed by atoms with Crippen molar-refractivity contribution in [2.45, 2.75) is 18.9 Å². The molecule has 0 N–H and O–H groups in total. The molecule has 12 rings (SSSR count). The van der Waals surface area contributed by atoms with Gasteiger partial charge in [0, 0.05) is 68.2 Å². The maximum absolute atomic E-state index is 2.58. The normalized spacial score (nSPS) is 15.8. The first-order valence-electron chi connectivity index (χ1n) is 25.0. The zero-order valence-electron chi connectivity index (χ0n) is 40.1. The minimum absolute atomic E-state index is 0.130. The fourth-order valence-electron chi connectivity index (χ4n) is 10.7. The average Bonchev–Trinajstić information content (AvgIpc) is 3.46. The second-order valence-electron chi connectivity index (χ2n) is 18.5. The molecule has 0 aromatic heterocycles. The summed E-state index contributed by atoms with van der Waals surface area (Å²) in [5.74, 6) is 0.246. The number of fused-ring (bicyclic) bond motifs is 2. The van der Waals surface area contributed by atoms with Crippen LogP contribution in [0.3, 0.4) is 0 Å². The summed E-state index contributed by atoms with van der Waals surface area (Å²) < 4.78 is 0. The molecule has 0 fully saturated rings. The van der Waals surface area contributed by atoms with Gasteiger partial charge < -0.3 is 19.6 Å². The van der Waals surface area contributed by atoms with Crippen molar-refractivity contribution in [1.82, 2.24) is 0 Å². The van der Waals surface area contributed by atoms with Crippen molar-refractivity contribution in [3.8, 4) is 11.1 Å². The van der Waals surface area contributed by atoms with Crippen molar-refractivity contribution in [1.29, 1.82) is 0 Å². The molecule has 0 radical (unpaired) electrons. The van der Waals surface area contributed by atoms with E-state index in [-0.39, 0.29) is 12.0 Å². The smallest absolute Gasteiger partial charge is 0.0625 e. The van der Waals surface area contributed by atoms with Gasteiger partial charge in [0.05, 0.1) is 11.7 Å². The summed E-state index contributed by atoms with van der Waals surface area (Å²) in [5, 5.41) is 2.40. The van der Waals surface area contributed by atoms with E-state index in [1.807, 2.05) is 0 Å². The Morgan fingerprint density at radius 3 is 1.35 bits per heavy atom. The van der Waals surface area contributed by atoms with Crippen LogP contribution in [-0.4, -0.2) is 6.04 Å². The second kappa shape index (κ2) is 20.1. The van der Waals surface area contributed by atoms with Crippen LogP contribution in [-0.2, 0) is 0 Å². The molecule has 9 aromatic carbocycles. The Kier molecular flexibility index (Phi) is 12.3. The minimum Gasteiger partial charge on any atom is -0.337 e. The number of nitrogens with zero attached hydrogens (tertiary/aromatic N) is 4. The molecule has 346 valence electrons. The van der Waals surface area contributed by atoms with E-state index < -0.39 is 0 Å². The molecule has 0 spiro atoms. The first-order chi connectivity index (χ1) is 35.7. The highest BCUT2D eigenvalue weighted by atomic mass is 15.2. The van der Waals surface area contributed by atoms with Gasteiger partial charge in [-0.2, -0.15) is 0 Å². The van der Waals surface area contributed by atoms with Gasteiger partial charge in [-0.3, -0.25) is 0 Å². The van der Waals surface area contributed by atoms with Crippen LogP contribution in [0.1, 0.15) is 12.8 Å². The molecule has 72 heavy (non-hydrogen) atoms. The zero-order chi connectivity index (χ0) is 48.1. The Bertz CT molecular complexity index is 3420. The van der Waals surface area contributed by atoms with Crippen molar-refractivity contribution in [3.05, 3.63) is 308 Å². The molecular weight excluding hydrogens is 873 g/mol. The van der Waals surface area contributed by atoms with E-state index >= 15 is 0 Å². The number of rotatable bonds is 13. The van der Waals surface area contributed by atoms with Gasteiger partial charge in [-0.05, 0) is 150 Å². The lowest BCUT2D eigenvalue weighted by molar-refractivity contribution is 0.608. The molecule has 0 saturated heterocycles. The predicted molar refractivity (Wildman–Crippen MR) is 304 cm³/mol. The summed E-state index contributed by atoms with van der Waals surface area (Å²) in [6.45, 7) is 0. The molecule has 0 saturated carbocycles. The molecule has 9 aromatic rings. The van der Waals surface area contributed by atoms with Crippen LogP contribution >= 0.6 is 0 Å². The van der Waals surface area contributed by atoms with E-state index in [0.29, 0.717) is 0 Å². The van der Waals surface area contributed by atoms with Crippen LogP contribution < -0.4 is 19.6 Å². The zero-order valence-corrected chi connectivity index (χ0v) is 40.1. The number of allylic oxidation sites excluding steroid dienone is 9. The Morgan fingerprint density at radius 1 is 0.319 bits per heavy atom. The lowest BCUT2D eigenvalue weighted by Crippen LogP contribution is -2.40. The molecular formula is C68H54N4. The Hall–Kier alpha value is -9.12. The number of hydrogen-bond donors (Lipinski definition) is 0. The molecule has 2 atom stereocenters. The molecule has 0 amide bonds. The lowest BCUT2D eigenvalue weighted by Gasteiger charge is -2.41. The summed E-state index contributed by atoms with van der Waals surface area (Å²) in [5.41, 5.74) is 16.4. The van der Waals surface area contributed by atoms with Crippen molar-refractivity contribution in [3.63, 3.8) is 0 Å². The molecule has 3 aliphatic carbocycles. The molecule has 4 heteroatoms. The van der Waals surface area contributed by atoms with Gasteiger partial charge in [-0.25, -0.2) is 0 Å². The summed E-state index contributed by atoms with van der Waals surface area (Å²) in [7, 11) is 0. The van der Waals surface area contributed by atoms with Gasteiger partial charge in [-0.1, -0.05) is 176 Å². The number of benzene rings is 9. The van der Waals surface area contributed by atoms with Gasteiger partial charge in [0.1, 0.15) is 0 Å². The maximum Gasteiger partial charge on any atom is 0.0625 e. The molecule has 3 aliphatic rings. The first kappa shape index (κ1) is 44.1. The van der Waals surface area contributed by atoms with Crippen LogP contribution in [0.15, 0.2) is 308 Å². The fraction of sp³-hybridized carbons (Fsp3) is 0.0588. The average molecular weight is 927 g/mol. The summed E-state index contributed by atoms with van der Waals surface area (Å²) >= 11 is 0. The molecule has 0 bridgehead atoms. The Labute approximate surface area is 423 Å². The standard InChI is InChI=1S/C68H54N4/c1-5-23-55(24-6-1)69(56-25-7-2-8-26-56)59-43-47-63(48-44-59)71(67-33-17-21-53-19-13-15-31-65(53)67)61-39-35-51(36-40-61)52-37-41-62(42-38-52)72(68-34-18-22-54-20-14-16-32-66(54)68)64-49-45-60(46-50-64)70(57-27-9-3-10-28-57)58-29-11-4-12-30-58/h1-45,47-49,66,68H,46,50H2. The Balaban J connectivity index is 0.875.